The number of benzene rings is 1. The van der Waals surface area contributed by atoms with Crippen LogP contribution in [0.25, 0.3) is 0 Å². The normalized spacial score (nSPS) is 12.0. The fraction of sp³-hybridized carbons (Fsp3) is 0.417. The zero-order valence-corrected chi connectivity index (χ0v) is 10.3. The Morgan fingerprint density at radius 3 is 2.65 bits per heavy atom. The summed E-state index contributed by atoms with van der Waals surface area (Å²) < 4.78 is 10.1. The van der Waals surface area contributed by atoms with Crippen LogP contribution in [0, 0.1) is 6.92 Å². The van der Waals surface area contributed by atoms with Gasteiger partial charge in [-0.1, -0.05) is 0 Å². The van der Waals surface area contributed by atoms with E-state index in [1.54, 1.807) is 19.2 Å². The van der Waals surface area contributed by atoms with Gasteiger partial charge >= 0.3 is 0 Å². The van der Waals surface area contributed by atoms with Gasteiger partial charge in [-0.2, -0.15) is 0 Å². The Kier molecular flexibility index (Phi) is 4.93. The van der Waals surface area contributed by atoms with Crippen LogP contribution >= 0.6 is 0 Å². The predicted octanol–water partition coefficient (Wildman–Crippen LogP) is 0.916. The highest BCUT2D eigenvalue weighted by atomic mass is 16.5. The van der Waals surface area contributed by atoms with E-state index in [4.69, 9.17) is 15.2 Å². The average Bonchev–Trinajstić information content (AvgIpc) is 2.31. The number of methoxy groups -OCH3 is 2. The highest BCUT2D eigenvalue weighted by Crippen LogP contribution is 2.21. The molecule has 0 radical (unpaired) electrons. The second-order valence-corrected chi connectivity index (χ2v) is 3.63. The van der Waals surface area contributed by atoms with Crippen molar-refractivity contribution in [2.24, 2.45) is 5.73 Å². The van der Waals surface area contributed by atoms with Crippen LogP contribution in [-0.2, 0) is 9.53 Å². The number of nitrogens with one attached hydrogen (secondary N) is 1. The van der Waals surface area contributed by atoms with E-state index in [1.165, 1.54) is 7.11 Å². The third-order valence-corrected chi connectivity index (χ3v) is 2.45. The molecule has 1 atom stereocenters. The number of ether oxygens (including phenoxy) is 2. The molecular formula is C12H18N2O3. The Morgan fingerprint density at radius 1 is 1.47 bits per heavy atom. The minimum Gasteiger partial charge on any atom is -0.496 e. The molecule has 0 aliphatic rings. The van der Waals surface area contributed by atoms with Crippen molar-refractivity contribution in [2.45, 2.75) is 13.0 Å². The first-order valence-electron chi connectivity index (χ1n) is 5.30. The molecule has 1 unspecified atom stereocenters. The molecule has 0 fully saturated rings. The van der Waals surface area contributed by atoms with Crippen LogP contribution in [0.4, 0.5) is 5.69 Å². The van der Waals surface area contributed by atoms with E-state index < -0.39 is 6.10 Å². The van der Waals surface area contributed by atoms with E-state index in [2.05, 4.69) is 5.32 Å². The number of aryl methyl sites for hydroxylation is 1. The fourth-order valence-corrected chi connectivity index (χ4v) is 1.49. The molecule has 0 saturated heterocycles. The lowest BCUT2D eigenvalue weighted by atomic mass is 10.2. The zero-order chi connectivity index (χ0) is 12.8. The first-order valence-corrected chi connectivity index (χ1v) is 5.30. The van der Waals surface area contributed by atoms with Gasteiger partial charge in [0.25, 0.3) is 5.91 Å². The summed E-state index contributed by atoms with van der Waals surface area (Å²) in [5.74, 6) is 0.532. The van der Waals surface area contributed by atoms with Crippen LogP contribution in [0.15, 0.2) is 18.2 Å². The van der Waals surface area contributed by atoms with Crippen molar-refractivity contribution in [2.75, 3.05) is 26.1 Å². The van der Waals surface area contributed by atoms with Crippen molar-refractivity contribution < 1.29 is 14.3 Å². The second-order valence-electron chi connectivity index (χ2n) is 3.63. The first-order chi connectivity index (χ1) is 8.12. The number of rotatable bonds is 5. The van der Waals surface area contributed by atoms with Crippen LogP contribution in [0.2, 0.25) is 0 Å². The minimum atomic E-state index is -0.627. The molecule has 0 aliphatic carbocycles. The smallest absolute Gasteiger partial charge is 0.254 e. The molecular weight excluding hydrogens is 220 g/mol. The van der Waals surface area contributed by atoms with Crippen molar-refractivity contribution in [1.29, 1.82) is 0 Å². The monoisotopic (exact) mass is 238 g/mol. The van der Waals surface area contributed by atoms with E-state index in [0.717, 1.165) is 11.3 Å². The summed E-state index contributed by atoms with van der Waals surface area (Å²) >= 11 is 0. The van der Waals surface area contributed by atoms with Crippen molar-refractivity contribution >= 4 is 11.6 Å². The minimum absolute atomic E-state index is 0.150. The molecule has 1 aromatic rings. The number of nitrogens with two attached hydrogens (primary N) is 1. The van der Waals surface area contributed by atoms with E-state index >= 15 is 0 Å². The quantitative estimate of drug-likeness (QED) is 0.800. The largest absolute Gasteiger partial charge is 0.496 e. The van der Waals surface area contributed by atoms with Crippen LogP contribution < -0.4 is 15.8 Å². The van der Waals surface area contributed by atoms with E-state index in [-0.39, 0.29) is 12.5 Å². The lowest BCUT2D eigenvalue weighted by molar-refractivity contribution is -0.125. The van der Waals surface area contributed by atoms with Crippen LogP contribution in [0.1, 0.15) is 5.56 Å². The van der Waals surface area contributed by atoms with Gasteiger partial charge < -0.3 is 20.5 Å². The Labute approximate surface area is 101 Å². The molecule has 0 heterocycles. The van der Waals surface area contributed by atoms with Gasteiger partial charge in [0.05, 0.1) is 7.11 Å². The Bertz CT molecular complexity index is 389. The molecule has 5 nitrogen and oxygen atoms in total. The number of hydrogen-bond donors (Lipinski definition) is 2. The summed E-state index contributed by atoms with van der Waals surface area (Å²) in [6.45, 7) is 2.06. The molecule has 17 heavy (non-hydrogen) atoms. The maximum Gasteiger partial charge on any atom is 0.254 e. The van der Waals surface area contributed by atoms with Gasteiger partial charge in [0.1, 0.15) is 11.9 Å². The third-order valence-electron chi connectivity index (χ3n) is 2.45. The van der Waals surface area contributed by atoms with Gasteiger partial charge in [-0.05, 0) is 30.7 Å². The maximum atomic E-state index is 11.7. The standard InChI is InChI=1S/C12H18N2O3/c1-8-6-9(4-5-10(8)16-2)14-12(15)11(7-13)17-3/h4-6,11H,7,13H2,1-3H3,(H,14,15). The summed E-state index contributed by atoms with van der Waals surface area (Å²) in [5, 5.41) is 2.74. The number of carbonyl (C=O) groups excluding carboxylic acids is 1. The van der Waals surface area contributed by atoms with Crippen molar-refractivity contribution in [3.63, 3.8) is 0 Å². The fourth-order valence-electron chi connectivity index (χ4n) is 1.49. The lowest BCUT2D eigenvalue weighted by Crippen LogP contribution is -2.35. The summed E-state index contributed by atoms with van der Waals surface area (Å²) in [7, 11) is 3.06. The molecule has 5 heteroatoms. The van der Waals surface area contributed by atoms with Crippen molar-refractivity contribution in [3.05, 3.63) is 23.8 Å². The maximum absolute atomic E-state index is 11.7. The lowest BCUT2D eigenvalue weighted by Gasteiger charge is -2.14. The summed E-state index contributed by atoms with van der Waals surface area (Å²) in [4.78, 5) is 11.7. The molecule has 1 amide bonds. The van der Waals surface area contributed by atoms with E-state index in [0.29, 0.717) is 5.69 Å². The molecule has 1 rings (SSSR count). The number of amides is 1. The molecule has 0 bridgehead atoms. The van der Waals surface area contributed by atoms with Gasteiger partial charge in [0.15, 0.2) is 0 Å². The van der Waals surface area contributed by atoms with E-state index in [1.807, 2.05) is 13.0 Å². The topological polar surface area (TPSA) is 73.6 Å². The molecule has 1 aromatic carbocycles. The molecule has 0 aromatic heterocycles. The molecule has 0 saturated carbocycles. The van der Waals surface area contributed by atoms with Crippen LogP contribution in [0.5, 0.6) is 5.75 Å². The van der Waals surface area contributed by atoms with Gasteiger partial charge in [0.2, 0.25) is 0 Å². The Hall–Kier alpha value is -1.59. The summed E-state index contributed by atoms with van der Waals surface area (Å²) in [6, 6.07) is 5.40. The molecule has 0 aliphatic heterocycles. The number of hydrogen-bond acceptors (Lipinski definition) is 4. The summed E-state index contributed by atoms with van der Waals surface area (Å²) in [6.07, 6.45) is -0.627. The number of carbonyl (C=O) groups is 1. The zero-order valence-electron chi connectivity index (χ0n) is 10.3. The second kappa shape index (κ2) is 6.22. The predicted molar refractivity (Wildman–Crippen MR) is 66.2 cm³/mol. The number of anilines is 1. The third kappa shape index (κ3) is 3.44. The van der Waals surface area contributed by atoms with Crippen LogP contribution in [0.3, 0.4) is 0 Å². The molecule has 0 spiro atoms. The van der Waals surface area contributed by atoms with Gasteiger partial charge in [-0.15, -0.1) is 0 Å². The van der Waals surface area contributed by atoms with Crippen molar-refractivity contribution in [3.8, 4) is 5.75 Å². The molecule has 94 valence electrons. The van der Waals surface area contributed by atoms with Crippen LogP contribution in [-0.4, -0.2) is 32.8 Å². The van der Waals surface area contributed by atoms with Crippen molar-refractivity contribution in [1.82, 2.24) is 0 Å². The van der Waals surface area contributed by atoms with E-state index in [9.17, 15) is 4.79 Å². The highest BCUT2D eigenvalue weighted by Gasteiger charge is 2.15. The van der Waals surface area contributed by atoms with Gasteiger partial charge in [0, 0.05) is 19.3 Å². The SMILES string of the molecule is COc1ccc(NC(=O)C(CN)OC)cc1C. The average molecular weight is 238 g/mol. The van der Waals surface area contributed by atoms with Gasteiger partial charge in [-0.25, -0.2) is 0 Å². The molecule has 3 N–H and O–H groups in total. The Morgan fingerprint density at radius 2 is 2.18 bits per heavy atom. The van der Waals surface area contributed by atoms with Gasteiger partial charge in [-0.3, -0.25) is 4.79 Å². The Balaban J connectivity index is 2.75. The summed E-state index contributed by atoms with van der Waals surface area (Å²) in [5.41, 5.74) is 7.06. The highest BCUT2D eigenvalue weighted by molar-refractivity contribution is 5.94. The first kappa shape index (κ1) is 13.5.